The van der Waals surface area contributed by atoms with Crippen molar-refractivity contribution in [1.29, 1.82) is 0 Å². The van der Waals surface area contributed by atoms with Gasteiger partial charge in [-0.2, -0.15) is 4.99 Å². The third kappa shape index (κ3) is 3.95. The average molecular weight is 417 g/mol. The molecule has 2 heterocycles. The van der Waals surface area contributed by atoms with Gasteiger partial charge < -0.3 is 4.42 Å². The van der Waals surface area contributed by atoms with Crippen LogP contribution in [0.15, 0.2) is 93.3 Å². The van der Waals surface area contributed by atoms with Crippen molar-refractivity contribution in [1.82, 2.24) is 4.57 Å². The van der Waals surface area contributed by atoms with Crippen molar-refractivity contribution < 1.29 is 9.21 Å². The van der Waals surface area contributed by atoms with Gasteiger partial charge in [-0.3, -0.25) is 14.2 Å². The monoisotopic (exact) mass is 416 g/mol. The Labute approximate surface area is 177 Å². The number of aromatic nitrogens is 1. The SMILES string of the molecule is CC(C)c1ccccc1-n1c(=O)cc(-c2ccccc2)sc1=NC(=O)c1ccco1. The summed E-state index contributed by atoms with van der Waals surface area (Å²) >= 11 is 1.29. The van der Waals surface area contributed by atoms with Crippen molar-refractivity contribution in [3.63, 3.8) is 0 Å². The van der Waals surface area contributed by atoms with Crippen LogP contribution in [0.4, 0.5) is 0 Å². The van der Waals surface area contributed by atoms with Gasteiger partial charge in [0.1, 0.15) is 0 Å². The van der Waals surface area contributed by atoms with Gasteiger partial charge in [0, 0.05) is 10.9 Å². The Morgan fingerprint density at radius 2 is 1.73 bits per heavy atom. The number of benzene rings is 2. The van der Waals surface area contributed by atoms with E-state index in [1.165, 1.54) is 22.2 Å². The van der Waals surface area contributed by atoms with Crippen LogP contribution >= 0.6 is 11.3 Å². The van der Waals surface area contributed by atoms with Gasteiger partial charge in [0.25, 0.3) is 5.56 Å². The number of rotatable bonds is 4. The van der Waals surface area contributed by atoms with Gasteiger partial charge in [0.2, 0.25) is 4.80 Å². The molecule has 2 aromatic heterocycles. The zero-order valence-electron chi connectivity index (χ0n) is 16.6. The lowest BCUT2D eigenvalue weighted by molar-refractivity contribution is 0.0971. The third-order valence-electron chi connectivity index (χ3n) is 4.65. The fourth-order valence-corrected chi connectivity index (χ4v) is 4.22. The molecule has 0 N–H and O–H groups in total. The lowest BCUT2D eigenvalue weighted by atomic mass is 10.0. The molecule has 0 aliphatic heterocycles. The van der Waals surface area contributed by atoms with Gasteiger partial charge in [-0.05, 0) is 35.2 Å². The van der Waals surface area contributed by atoms with Crippen molar-refractivity contribution in [3.05, 3.63) is 106 Å². The van der Waals surface area contributed by atoms with Crippen molar-refractivity contribution in [2.24, 2.45) is 4.99 Å². The van der Waals surface area contributed by atoms with E-state index in [-0.39, 0.29) is 17.2 Å². The summed E-state index contributed by atoms with van der Waals surface area (Å²) in [5, 5.41) is 0. The molecule has 4 aromatic rings. The maximum absolute atomic E-state index is 13.3. The first-order valence-corrected chi connectivity index (χ1v) is 10.4. The number of nitrogens with zero attached hydrogens (tertiary/aromatic N) is 2. The molecular formula is C24H20N2O3S. The molecule has 0 aliphatic carbocycles. The molecular weight excluding hydrogens is 396 g/mol. The largest absolute Gasteiger partial charge is 0.459 e. The van der Waals surface area contributed by atoms with Crippen LogP contribution in [0, 0.1) is 0 Å². The van der Waals surface area contributed by atoms with E-state index in [1.807, 2.05) is 54.6 Å². The van der Waals surface area contributed by atoms with E-state index < -0.39 is 5.91 Å². The number of amides is 1. The number of carbonyl (C=O) groups is 1. The highest BCUT2D eigenvalue weighted by atomic mass is 32.1. The standard InChI is InChI=1S/C24H20N2O3S/c1-16(2)18-11-6-7-12-19(18)26-22(27)15-21(17-9-4-3-5-10-17)30-24(26)25-23(28)20-13-8-14-29-20/h3-16H,1-2H3. The Morgan fingerprint density at radius 3 is 2.43 bits per heavy atom. The lowest BCUT2D eigenvalue weighted by Gasteiger charge is -2.15. The molecule has 0 bridgehead atoms. The molecule has 0 saturated heterocycles. The normalized spacial score (nSPS) is 11.8. The van der Waals surface area contributed by atoms with Gasteiger partial charge >= 0.3 is 5.91 Å². The molecule has 0 fully saturated rings. The highest BCUT2D eigenvalue weighted by Gasteiger charge is 2.15. The lowest BCUT2D eigenvalue weighted by Crippen LogP contribution is -2.31. The van der Waals surface area contributed by atoms with Crippen molar-refractivity contribution in [2.45, 2.75) is 19.8 Å². The fraction of sp³-hybridized carbons (Fsp3) is 0.125. The second-order valence-corrected chi connectivity index (χ2v) is 8.05. The molecule has 0 radical (unpaired) electrons. The van der Waals surface area contributed by atoms with Crippen LogP contribution in [0.3, 0.4) is 0 Å². The summed E-state index contributed by atoms with van der Waals surface area (Å²) in [4.78, 5) is 31.2. The highest BCUT2D eigenvalue weighted by molar-refractivity contribution is 7.12. The Morgan fingerprint density at radius 1 is 1.00 bits per heavy atom. The summed E-state index contributed by atoms with van der Waals surface area (Å²) in [6.07, 6.45) is 1.42. The minimum absolute atomic E-state index is 0.128. The van der Waals surface area contributed by atoms with E-state index in [9.17, 15) is 9.59 Å². The predicted octanol–water partition coefficient (Wildman–Crippen LogP) is 5.02. The molecule has 2 aromatic carbocycles. The van der Waals surface area contributed by atoms with Crippen LogP contribution in [0.1, 0.15) is 35.9 Å². The van der Waals surface area contributed by atoms with Crippen LogP contribution in [-0.2, 0) is 0 Å². The summed E-state index contributed by atoms with van der Waals surface area (Å²) in [5.74, 6) is -0.208. The van der Waals surface area contributed by atoms with Crippen LogP contribution in [0.25, 0.3) is 16.1 Å². The number of furan rings is 1. The first-order valence-electron chi connectivity index (χ1n) is 9.59. The summed E-state index contributed by atoms with van der Waals surface area (Å²) in [6, 6.07) is 22.0. The molecule has 150 valence electrons. The summed E-state index contributed by atoms with van der Waals surface area (Å²) in [5.41, 5.74) is 2.37. The van der Waals surface area contributed by atoms with Gasteiger partial charge in [-0.25, -0.2) is 0 Å². The van der Waals surface area contributed by atoms with Crippen LogP contribution in [-0.4, -0.2) is 10.5 Å². The maximum atomic E-state index is 13.3. The fourth-order valence-electron chi connectivity index (χ4n) is 3.21. The van der Waals surface area contributed by atoms with E-state index in [2.05, 4.69) is 18.8 Å². The number of hydrogen-bond acceptors (Lipinski definition) is 4. The van der Waals surface area contributed by atoms with E-state index in [0.29, 0.717) is 4.80 Å². The summed E-state index contributed by atoms with van der Waals surface area (Å²) in [6.45, 7) is 4.13. The van der Waals surface area contributed by atoms with Gasteiger partial charge in [-0.15, -0.1) is 0 Å². The van der Waals surface area contributed by atoms with Gasteiger partial charge in [0.05, 0.1) is 12.0 Å². The van der Waals surface area contributed by atoms with E-state index in [0.717, 1.165) is 21.7 Å². The van der Waals surface area contributed by atoms with Crippen molar-refractivity contribution in [3.8, 4) is 16.1 Å². The van der Waals surface area contributed by atoms with Crippen molar-refractivity contribution in [2.75, 3.05) is 0 Å². The summed E-state index contributed by atoms with van der Waals surface area (Å²) in [7, 11) is 0. The molecule has 6 heteroatoms. The topological polar surface area (TPSA) is 64.6 Å². The smallest absolute Gasteiger partial charge is 0.315 e. The average Bonchev–Trinajstić information content (AvgIpc) is 3.29. The third-order valence-corrected chi connectivity index (χ3v) is 5.68. The number of carbonyl (C=O) groups excluding carboxylic acids is 1. The zero-order valence-corrected chi connectivity index (χ0v) is 17.4. The first kappa shape index (κ1) is 19.8. The van der Waals surface area contributed by atoms with Crippen LogP contribution in [0.2, 0.25) is 0 Å². The quantitative estimate of drug-likeness (QED) is 0.469. The molecule has 0 saturated carbocycles. The molecule has 1 amide bonds. The first-order chi connectivity index (χ1) is 14.5. The highest BCUT2D eigenvalue weighted by Crippen LogP contribution is 2.23. The Balaban J connectivity index is 2.01. The van der Waals surface area contributed by atoms with Gasteiger partial charge in [-0.1, -0.05) is 73.7 Å². The minimum atomic E-state index is -0.531. The number of hydrogen-bond donors (Lipinski definition) is 0. The predicted molar refractivity (Wildman–Crippen MR) is 118 cm³/mol. The van der Waals surface area contributed by atoms with Gasteiger partial charge in [0.15, 0.2) is 5.76 Å². The Bertz CT molecular complexity index is 1300. The molecule has 0 atom stereocenters. The number of para-hydroxylation sites is 1. The second-order valence-electron chi connectivity index (χ2n) is 7.04. The second kappa shape index (κ2) is 8.47. The Kier molecular flexibility index (Phi) is 5.59. The van der Waals surface area contributed by atoms with E-state index in [1.54, 1.807) is 18.2 Å². The molecule has 4 rings (SSSR count). The van der Waals surface area contributed by atoms with E-state index in [4.69, 9.17) is 4.42 Å². The van der Waals surface area contributed by atoms with Crippen LogP contribution < -0.4 is 10.4 Å². The Hall–Kier alpha value is -3.51. The van der Waals surface area contributed by atoms with Crippen molar-refractivity contribution >= 4 is 17.2 Å². The summed E-state index contributed by atoms with van der Waals surface area (Å²) < 4.78 is 6.70. The maximum Gasteiger partial charge on any atom is 0.315 e. The zero-order chi connectivity index (χ0) is 21.1. The molecule has 0 unspecified atom stereocenters. The molecule has 30 heavy (non-hydrogen) atoms. The minimum Gasteiger partial charge on any atom is -0.459 e. The molecule has 0 spiro atoms. The molecule has 5 nitrogen and oxygen atoms in total. The van der Waals surface area contributed by atoms with Crippen LogP contribution in [0.5, 0.6) is 0 Å². The molecule has 0 aliphatic rings. The van der Waals surface area contributed by atoms with E-state index >= 15 is 0 Å².